The minimum absolute atomic E-state index is 0.0493. The van der Waals surface area contributed by atoms with Gasteiger partial charge in [0.05, 0.1) is 12.3 Å². The minimum Gasteiger partial charge on any atom is -0.462 e. The van der Waals surface area contributed by atoms with Crippen molar-refractivity contribution in [2.24, 2.45) is 10.9 Å². The zero-order chi connectivity index (χ0) is 26.0. The molecular formula is C29H35F2NO3. The highest BCUT2D eigenvalue weighted by atomic mass is 19.3. The van der Waals surface area contributed by atoms with Gasteiger partial charge in [-0.15, -0.1) is 0 Å². The lowest BCUT2D eigenvalue weighted by Gasteiger charge is -2.20. The van der Waals surface area contributed by atoms with Gasteiger partial charge in [0.2, 0.25) is 0 Å². The van der Waals surface area contributed by atoms with Crippen molar-refractivity contribution in [3.63, 3.8) is 0 Å². The average Bonchev–Trinajstić information content (AvgIpc) is 2.84. The van der Waals surface area contributed by atoms with Gasteiger partial charge in [-0.2, -0.15) is 0 Å². The van der Waals surface area contributed by atoms with E-state index in [-0.39, 0.29) is 42.3 Å². The van der Waals surface area contributed by atoms with Gasteiger partial charge in [0, 0.05) is 19.4 Å². The Morgan fingerprint density at radius 3 is 2.43 bits per heavy atom. The van der Waals surface area contributed by atoms with E-state index < -0.39 is 17.8 Å². The highest BCUT2D eigenvalue weighted by molar-refractivity contribution is 6.24. The molecule has 1 aromatic carbocycles. The molecule has 0 bridgehead atoms. The number of hydrogen-bond acceptors (Lipinski definition) is 4. The van der Waals surface area contributed by atoms with Crippen LogP contribution in [-0.4, -0.2) is 37.0 Å². The molecule has 1 aliphatic carbocycles. The quantitative estimate of drug-likeness (QED) is 0.121. The monoisotopic (exact) mass is 483 g/mol. The molecule has 1 aliphatic rings. The number of hydrogen-bond donors (Lipinski definition) is 0. The van der Waals surface area contributed by atoms with Crippen LogP contribution in [0.25, 0.3) is 0 Å². The van der Waals surface area contributed by atoms with E-state index in [1.807, 2.05) is 37.3 Å². The number of esters is 1. The fraction of sp³-hybridized carbons (Fsp3) is 0.414. The fourth-order valence-electron chi connectivity index (χ4n) is 3.85. The van der Waals surface area contributed by atoms with Gasteiger partial charge >= 0.3 is 5.97 Å². The number of carbonyl (C=O) groups excluding carboxylic acids is 2. The molecule has 0 fully saturated rings. The largest absolute Gasteiger partial charge is 0.462 e. The summed E-state index contributed by atoms with van der Waals surface area (Å²) in [6.45, 7) is 6.97. The Hall–Kier alpha value is -3.15. The maximum Gasteiger partial charge on any atom is 0.341 e. The summed E-state index contributed by atoms with van der Waals surface area (Å²) in [5.41, 5.74) is 1.81. The van der Waals surface area contributed by atoms with E-state index in [9.17, 15) is 18.4 Å². The first kappa shape index (κ1) is 28.1. The molecule has 6 heteroatoms. The highest BCUT2D eigenvalue weighted by Crippen LogP contribution is 2.32. The van der Waals surface area contributed by atoms with Crippen LogP contribution in [0.5, 0.6) is 0 Å². The molecule has 0 heterocycles. The van der Waals surface area contributed by atoms with Crippen LogP contribution in [-0.2, 0) is 14.3 Å². The molecule has 0 radical (unpaired) electrons. The first-order chi connectivity index (χ1) is 16.7. The van der Waals surface area contributed by atoms with Crippen LogP contribution in [0.15, 0.2) is 82.4 Å². The summed E-state index contributed by atoms with van der Waals surface area (Å²) in [5.74, 6) is -4.60. The van der Waals surface area contributed by atoms with E-state index in [2.05, 4.69) is 4.99 Å². The number of rotatable bonds is 10. The molecule has 0 saturated carbocycles. The lowest BCUT2D eigenvalue weighted by atomic mass is 9.83. The molecule has 0 saturated heterocycles. The number of aliphatic imine (C=N–C) groups is 1. The molecule has 0 aromatic heterocycles. The average molecular weight is 484 g/mol. The van der Waals surface area contributed by atoms with Crippen LogP contribution in [0.3, 0.4) is 0 Å². The van der Waals surface area contributed by atoms with Gasteiger partial charge in [-0.1, -0.05) is 75.4 Å². The van der Waals surface area contributed by atoms with Crippen molar-refractivity contribution in [2.75, 3.05) is 13.7 Å². The van der Waals surface area contributed by atoms with Crippen LogP contribution in [0, 0.1) is 5.92 Å². The predicted molar refractivity (Wildman–Crippen MR) is 137 cm³/mol. The number of nitrogens with zero attached hydrogens (tertiary/aromatic N) is 1. The zero-order valence-electron chi connectivity index (χ0n) is 21.2. The van der Waals surface area contributed by atoms with Crippen molar-refractivity contribution >= 4 is 17.5 Å². The molecule has 4 nitrogen and oxygen atoms in total. The van der Waals surface area contributed by atoms with Crippen LogP contribution in [0.1, 0.15) is 58.4 Å². The Morgan fingerprint density at radius 1 is 1.14 bits per heavy atom. The van der Waals surface area contributed by atoms with Crippen LogP contribution >= 0.6 is 0 Å². The second-order valence-corrected chi connectivity index (χ2v) is 8.55. The van der Waals surface area contributed by atoms with Gasteiger partial charge in [-0.05, 0) is 48.5 Å². The van der Waals surface area contributed by atoms with Crippen molar-refractivity contribution in [2.45, 2.75) is 58.8 Å². The number of carbonyl (C=O) groups is 2. The number of Topliss-reactive ketones (excluding diaryl/α,β-unsaturated/α-hetero) is 1. The first-order valence-corrected chi connectivity index (χ1v) is 12.1. The van der Waals surface area contributed by atoms with Gasteiger partial charge in [-0.25, -0.2) is 13.6 Å². The number of allylic oxidation sites excluding steroid dienone is 7. The van der Waals surface area contributed by atoms with Crippen molar-refractivity contribution in [1.82, 2.24) is 0 Å². The normalized spacial score (nSPS) is 18.5. The van der Waals surface area contributed by atoms with Crippen molar-refractivity contribution in [3.8, 4) is 0 Å². The number of ketones is 1. The van der Waals surface area contributed by atoms with Gasteiger partial charge in [0.1, 0.15) is 5.57 Å². The Labute approximate surface area is 207 Å². The Morgan fingerprint density at radius 2 is 1.83 bits per heavy atom. The third-order valence-electron chi connectivity index (χ3n) is 6.32. The van der Waals surface area contributed by atoms with Crippen LogP contribution in [0.2, 0.25) is 0 Å². The summed E-state index contributed by atoms with van der Waals surface area (Å²) < 4.78 is 33.8. The number of halogens is 2. The maximum absolute atomic E-state index is 14.3. The van der Waals surface area contributed by atoms with Gasteiger partial charge in [0.15, 0.2) is 5.78 Å². The molecular weight excluding hydrogens is 448 g/mol. The molecule has 1 aromatic rings. The van der Waals surface area contributed by atoms with E-state index in [1.165, 1.54) is 26.1 Å². The van der Waals surface area contributed by atoms with E-state index >= 15 is 0 Å². The van der Waals surface area contributed by atoms with Gasteiger partial charge < -0.3 is 4.74 Å². The number of benzene rings is 1. The van der Waals surface area contributed by atoms with Crippen LogP contribution < -0.4 is 0 Å². The zero-order valence-corrected chi connectivity index (χ0v) is 21.2. The smallest absolute Gasteiger partial charge is 0.341 e. The molecule has 0 N–H and O–H groups in total. The molecule has 2 atom stereocenters. The highest BCUT2D eigenvalue weighted by Gasteiger charge is 2.31. The number of alkyl halides is 2. The summed E-state index contributed by atoms with van der Waals surface area (Å²) >= 11 is 0. The van der Waals surface area contributed by atoms with E-state index in [4.69, 9.17) is 4.74 Å². The molecule has 35 heavy (non-hydrogen) atoms. The Balaban J connectivity index is 2.48. The molecule has 2 rings (SSSR count). The molecule has 1 unspecified atom stereocenters. The molecule has 0 aliphatic heterocycles. The summed E-state index contributed by atoms with van der Waals surface area (Å²) in [6, 6.07) is 9.61. The minimum atomic E-state index is -2.89. The SMILES string of the molecule is CCOC(=O)/C(=C/C(=NC)C1=C/C=C(/C(F)(F)CC)CCC=C1)C(=O)[C@@H](C)C(C)c1ccccc1. The molecule has 188 valence electrons. The third kappa shape index (κ3) is 7.41. The standard InChI is InChI=1S/C29H35F2NO3/c1-6-29(30,31)24-16-12-11-15-23(17-18-24)26(32-5)19-25(28(34)35-7-2)27(33)21(4)20(3)22-13-9-8-10-14-22/h8-11,13-15,17-21H,6-7,12,16H2,1-5H3/b15-11?,23-17?,24-18+,25-19+,32-26?/t20?,21-/m0/s1. The van der Waals surface area contributed by atoms with Crippen molar-refractivity contribution in [3.05, 3.63) is 83.0 Å². The summed E-state index contributed by atoms with van der Waals surface area (Å²) in [4.78, 5) is 30.6. The summed E-state index contributed by atoms with van der Waals surface area (Å²) in [7, 11) is 1.54. The van der Waals surface area contributed by atoms with E-state index in [1.54, 1.807) is 32.1 Å². The summed E-state index contributed by atoms with van der Waals surface area (Å²) in [6.07, 6.45) is 8.42. The lowest BCUT2D eigenvalue weighted by molar-refractivity contribution is -0.140. The van der Waals surface area contributed by atoms with Crippen LogP contribution in [0.4, 0.5) is 8.78 Å². The van der Waals surface area contributed by atoms with Crippen molar-refractivity contribution in [1.29, 1.82) is 0 Å². The second-order valence-electron chi connectivity index (χ2n) is 8.55. The third-order valence-corrected chi connectivity index (χ3v) is 6.32. The van der Waals surface area contributed by atoms with Gasteiger partial charge in [0.25, 0.3) is 5.92 Å². The maximum atomic E-state index is 14.3. The fourth-order valence-corrected chi connectivity index (χ4v) is 3.85. The predicted octanol–water partition coefficient (Wildman–Crippen LogP) is 6.80. The van der Waals surface area contributed by atoms with Gasteiger partial charge in [-0.3, -0.25) is 9.79 Å². The molecule has 0 spiro atoms. The van der Waals surface area contributed by atoms with E-state index in [0.29, 0.717) is 17.7 Å². The Kier molecular flexibility index (Phi) is 10.5. The Bertz CT molecular complexity index is 1050. The van der Waals surface area contributed by atoms with Crippen molar-refractivity contribution < 1.29 is 23.1 Å². The summed E-state index contributed by atoms with van der Waals surface area (Å²) in [5, 5.41) is 0. The van der Waals surface area contributed by atoms with E-state index in [0.717, 1.165) is 5.56 Å². The second kappa shape index (κ2) is 13.1. The first-order valence-electron chi connectivity index (χ1n) is 12.1. The molecule has 0 amide bonds. The number of ether oxygens (including phenoxy) is 1. The lowest BCUT2D eigenvalue weighted by Crippen LogP contribution is -2.26. The topological polar surface area (TPSA) is 55.7 Å².